The molecule has 1 aliphatic rings. The van der Waals surface area contributed by atoms with Crippen molar-refractivity contribution in [2.75, 3.05) is 13.1 Å². The Kier molecular flexibility index (Phi) is 12.9. The summed E-state index contributed by atoms with van der Waals surface area (Å²) >= 11 is 1.85. The molecule has 4 rings (SSSR count). The van der Waals surface area contributed by atoms with Crippen molar-refractivity contribution in [3.8, 4) is 10.4 Å². The maximum atomic E-state index is 13.1. The van der Waals surface area contributed by atoms with Crippen LogP contribution in [0.4, 0.5) is 0 Å². The minimum absolute atomic E-state index is 0.126. The van der Waals surface area contributed by atoms with E-state index in [1.807, 2.05) is 11.3 Å². The molecule has 0 saturated heterocycles. The Morgan fingerprint density at radius 1 is 0.667 bits per heavy atom. The van der Waals surface area contributed by atoms with Gasteiger partial charge in [-0.25, -0.2) is 0 Å². The Morgan fingerprint density at radius 3 is 1.81 bits per heavy atom. The molecule has 0 bridgehead atoms. The Balaban J connectivity index is 1.45. The minimum atomic E-state index is -0.347. The number of rotatable bonds is 20. The molecule has 0 saturated carbocycles. The lowest BCUT2D eigenvalue weighted by Crippen LogP contribution is -2.32. The molecule has 0 atom stereocenters. The molecule has 4 nitrogen and oxygen atoms in total. The van der Waals surface area contributed by atoms with Gasteiger partial charge in [0.05, 0.1) is 0 Å². The zero-order chi connectivity index (χ0) is 29.6. The highest BCUT2D eigenvalue weighted by Gasteiger charge is 2.45. The maximum Gasteiger partial charge on any atom is 0.220 e. The average Bonchev–Trinajstić information content (AvgIpc) is 3.52. The van der Waals surface area contributed by atoms with Gasteiger partial charge >= 0.3 is 0 Å². The highest BCUT2D eigenvalue weighted by atomic mass is 32.1. The van der Waals surface area contributed by atoms with Gasteiger partial charge in [-0.15, -0.1) is 11.3 Å². The summed E-state index contributed by atoms with van der Waals surface area (Å²) in [5.74, 6) is 0.252. The molecule has 1 heterocycles. The summed E-state index contributed by atoms with van der Waals surface area (Å²) in [4.78, 5) is 27.6. The van der Waals surface area contributed by atoms with Crippen molar-refractivity contribution < 1.29 is 9.59 Å². The lowest BCUT2D eigenvalue weighted by atomic mass is 9.70. The second-order valence-corrected chi connectivity index (χ2v) is 13.2. The molecule has 2 aromatic carbocycles. The normalized spacial score (nSPS) is 13.2. The highest BCUT2D eigenvalue weighted by molar-refractivity contribution is 7.22. The first-order chi connectivity index (χ1) is 20.6. The van der Waals surface area contributed by atoms with Crippen LogP contribution < -0.4 is 10.6 Å². The number of unbranched alkanes of at least 4 members (excludes halogenated alkanes) is 10. The van der Waals surface area contributed by atoms with E-state index in [1.165, 1.54) is 95.9 Å². The van der Waals surface area contributed by atoms with Crippen LogP contribution in [0.5, 0.6) is 0 Å². The SMILES string of the molecule is CCCCCCCCNC(=O)CCC1(CCC(=O)NCCCCCCCC)c2ccccc2-c2sc3ccccc3c21. The number of hydrogen-bond donors (Lipinski definition) is 2. The molecule has 3 aromatic rings. The van der Waals surface area contributed by atoms with Crippen LogP contribution in [0.1, 0.15) is 128 Å². The molecule has 1 aliphatic carbocycles. The third-order valence-corrected chi connectivity index (χ3v) is 10.2. The highest BCUT2D eigenvalue weighted by Crippen LogP contribution is 2.59. The second-order valence-electron chi connectivity index (χ2n) is 12.2. The number of thiophene rings is 1. The van der Waals surface area contributed by atoms with Crippen LogP contribution in [0.3, 0.4) is 0 Å². The standard InChI is InChI=1S/C37H52N2O2S/c1-3-5-7-9-11-17-27-38-33(40)23-25-37(26-24-34(41)39-28-18-12-10-8-6-4-2)31-21-15-13-19-29(31)36-35(37)30-20-14-16-22-32(30)42-36/h13-16,19-22H,3-12,17-18,23-28H2,1-2H3,(H,38,40)(H,39,41). The first-order valence-corrected chi connectivity index (χ1v) is 17.6. The van der Waals surface area contributed by atoms with Crippen LogP contribution in [0, 0.1) is 0 Å². The molecule has 0 radical (unpaired) electrons. The Morgan fingerprint density at radius 2 is 1.19 bits per heavy atom. The van der Waals surface area contributed by atoms with Crippen molar-refractivity contribution in [1.29, 1.82) is 0 Å². The van der Waals surface area contributed by atoms with E-state index in [0.717, 1.165) is 25.9 Å². The van der Waals surface area contributed by atoms with Gasteiger partial charge in [-0.1, -0.05) is 121 Å². The van der Waals surface area contributed by atoms with Crippen LogP contribution in [-0.4, -0.2) is 24.9 Å². The van der Waals surface area contributed by atoms with Gasteiger partial charge in [-0.05, 0) is 53.8 Å². The zero-order valence-corrected chi connectivity index (χ0v) is 26.9. The first-order valence-electron chi connectivity index (χ1n) is 16.8. The predicted molar refractivity (Wildman–Crippen MR) is 179 cm³/mol. The summed E-state index contributed by atoms with van der Waals surface area (Å²) in [6, 6.07) is 17.3. The van der Waals surface area contributed by atoms with Gasteiger partial charge in [0.2, 0.25) is 11.8 Å². The van der Waals surface area contributed by atoms with E-state index in [2.05, 4.69) is 73.0 Å². The predicted octanol–water partition coefficient (Wildman–Crippen LogP) is 9.68. The van der Waals surface area contributed by atoms with E-state index in [4.69, 9.17) is 0 Å². The monoisotopic (exact) mass is 588 g/mol. The maximum absolute atomic E-state index is 13.1. The molecule has 0 fully saturated rings. The Labute approximate surface area is 258 Å². The van der Waals surface area contributed by atoms with Gasteiger partial charge in [0.15, 0.2) is 0 Å². The average molecular weight is 589 g/mol. The number of hydrogen-bond acceptors (Lipinski definition) is 3. The van der Waals surface area contributed by atoms with Gasteiger partial charge < -0.3 is 10.6 Å². The fourth-order valence-electron chi connectivity index (χ4n) is 6.68. The number of fused-ring (bicyclic) bond motifs is 5. The first kappa shape index (κ1) is 32.3. The summed E-state index contributed by atoms with van der Waals surface area (Å²) in [5.41, 5.74) is 3.54. The van der Waals surface area contributed by atoms with E-state index in [9.17, 15) is 9.59 Å². The number of amides is 2. The van der Waals surface area contributed by atoms with E-state index >= 15 is 0 Å². The molecule has 0 unspecified atom stereocenters. The smallest absolute Gasteiger partial charge is 0.220 e. The fraction of sp³-hybridized carbons (Fsp3) is 0.568. The van der Waals surface area contributed by atoms with E-state index in [-0.39, 0.29) is 17.2 Å². The molecule has 5 heteroatoms. The number of nitrogens with one attached hydrogen (secondary N) is 2. The van der Waals surface area contributed by atoms with E-state index in [0.29, 0.717) is 25.7 Å². The van der Waals surface area contributed by atoms with Gasteiger partial charge in [-0.2, -0.15) is 0 Å². The van der Waals surface area contributed by atoms with Gasteiger partial charge in [0, 0.05) is 40.9 Å². The molecule has 228 valence electrons. The number of carbonyl (C=O) groups is 2. The molecule has 1 aromatic heterocycles. The third-order valence-electron chi connectivity index (χ3n) is 9.02. The summed E-state index contributed by atoms with van der Waals surface area (Å²) in [6.45, 7) is 5.98. The summed E-state index contributed by atoms with van der Waals surface area (Å²) in [6.07, 6.45) is 17.0. The van der Waals surface area contributed by atoms with Crippen molar-refractivity contribution in [2.24, 2.45) is 0 Å². The van der Waals surface area contributed by atoms with Crippen LogP contribution >= 0.6 is 11.3 Å². The van der Waals surface area contributed by atoms with Crippen LogP contribution in [0.15, 0.2) is 48.5 Å². The number of carbonyl (C=O) groups excluding carboxylic acids is 2. The Hall–Kier alpha value is -2.66. The largest absolute Gasteiger partial charge is 0.356 e. The molecule has 2 amide bonds. The lowest BCUT2D eigenvalue weighted by molar-refractivity contribution is -0.121. The van der Waals surface area contributed by atoms with Crippen LogP contribution in [0.2, 0.25) is 0 Å². The molecule has 42 heavy (non-hydrogen) atoms. The summed E-state index contributed by atoms with van der Waals surface area (Å²) in [7, 11) is 0. The molecule has 0 aliphatic heterocycles. The third kappa shape index (κ3) is 8.24. The van der Waals surface area contributed by atoms with Crippen molar-refractivity contribution in [2.45, 2.75) is 122 Å². The van der Waals surface area contributed by atoms with Crippen molar-refractivity contribution in [3.05, 3.63) is 59.7 Å². The van der Waals surface area contributed by atoms with Crippen LogP contribution in [0.25, 0.3) is 20.5 Å². The zero-order valence-electron chi connectivity index (χ0n) is 26.1. The Bertz CT molecular complexity index is 1250. The molecular weight excluding hydrogens is 536 g/mol. The fourth-order valence-corrected chi connectivity index (χ4v) is 8.03. The van der Waals surface area contributed by atoms with Crippen molar-refractivity contribution in [1.82, 2.24) is 10.6 Å². The minimum Gasteiger partial charge on any atom is -0.356 e. The van der Waals surface area contributed by atoms with Gasteiger partial charge in [0.1, 0.15) is 0 Å². The van der Waals surface area contributed by atoms with E-state index < -0.39 is 0 Å². The second kappa shape index (κ2) is 16.8. The quantitative estimate of drug-likeness (QED) is 0.129. The topological polar surface area (TPSA) is 58.2 Å². The summed E-state index contributed by atoms with van der Waals surface area (Å²) in [5, 5.41) is 7.66. The van der Waals surface area contributed by atoms with Crippen LogP contribution in [-0.2, 0) is 15.0 Å². The van der Waals surface area contributed by atoms with Gasteiger partial charge in [0.25, 0.3) is 0 Å². The van der Waals surface area contributed by atoms with Gasteiger partial charge in [-0.3, -0.25) is 9.59 Å². The molecular formula is C37H52N2O2S. The van der Waals surface area contributed by atoms with Crippen molar-refractivity contribution in [3.63, 3.8) is 0 Å². The number of benzene rings is 2. The van der Waals surface area contributed by atoms with Crippen molar-refractivity contribution >= 4 is 33.2 Å². The lowest BCUT2D eigenvalue weighted by Gasteiger charge is -2.32. The summed E-state index contributed by atoms with van der Waals surface area (Å²) < 4.78 is 1.28. The molecule has 0 spiro atoms. The van der Waals surface area contributed by atoms with E-state index in [1.54, 1.807) is 0 Å². The molecule has 2 N–H and O–H groups in total.